The van der Waals surface area contributed by atoms with Crippen molar-refractivity contribution in [3.8, 4) is 0 Å². The molecule has 3 rings (SSSR count). The number of benzene rings is 2. The highest BCUT2D eigenvalue weighted by Crippen LogP contribution is 2.31. The third-order valence-electron chi connectivity index (χ3n) is 5.90. The molecule has 0 amide bonds. The molecule has 0 saturated carbocycles. The van der Waals surface area contributed by atoms with Gasteiger partial charge in [-0.3, -0.25) is 10.1 Å². The van der Waals surface area contributed by atoms with Crippen molar-refractivity contribution >= 4 is 69.4 Å². The molecule has 2 N–H and O–H groups in total. The Morgan fingerprint density at radius 3 is 2.36 bits per heavy atom. The highest BCUT2D eigenvalue weighted by molar-refractivity contribution is 6.40. The molecule has 0 fully saturated rings. The molecule has 0 aliphatic carbocycles. The Hall–Kier alpha value is -2.16. The van der Waals surface area contributed by atoms with Crippen LogP contribution in [0.3, 0.4) is 0 Å². The number of aromatic nitrogens is 2. The summed E-state index contributed by atoms with van der Waals surface area (Å²) in [6, 6.07) is 7.93. The topological polar surface area (TPSA) is 85.4 Å². The number of nitrogens with one attached hydrogen (secondary N) is 2. The predicted molar refractivity (Wildman–Crippen MR) is 146 cm³/mol. The standard InChI is InChI=1S/C25H28Cl3N5O2.ClH/c1-4-32(5-2)12-6-7-16(3)29-25-20-15-18(33(34)35)8-10-23(20)30-24(31-25)11-9-19-21(27)13-17(26)14-22(19)28;/h8-11,13-16H,4-7,12H2,1-3H3,(H,29,30,31);1H/b11-9+;. The predicted octanol–water partition coefficient (Wildman–Crippen LogP) is 3.18. The molecule has 1 heterocycles. The number of non-ortho nitro benzene ring substituents is 1. The number of nitro groups is 1. The zero-order chi connectivity index (χ0) is 25.5. The van der Waals surface area contributed by atoms with Crippen LogP contribution in [0.25, 0.3) is 23.1 Å². The fourth-order valence-electron chi connectivity index (χ4n) is 3.87. The Morgan fingerprint density at radius 1 is 1.08 bits per heavy atom. The molecule has 0 aliphatic heterocycles. The van der Waals surface area contributed by atoms with E-state index in [9.17, 15) is 10.1 Å². The molecule has 1 atom stereocenters. The Balaban J connectivity index is 0.00000456. The first kappa shape index (κ1) is 30.1. The van der Waals surface area contributed by atoms with Crippen molar-refractivity contribution in [1.29, 1.82) is 0 Å². The van der Waals surface area contributed by atoms with E-state index >= 15 is 0 Å². The molecule has 11 heteroatoms. The van der Waals surface area contributed by atoms with Gasteiger partial charge in [-0.25, -0.2) is 9.97 Å². The molecular weight excluding hydrogens is 544 g/mol. The second kappa shape index (κ2) is 14.0. The number of nitrogens with zero attached hydrogens (tertiary/aromatic N) is 3. The van der Waals surface area contributed by atoms with Crippen LogP contribution in [0.4, 0.5) is 11.5 Å². The molecule has 1 aromatic heterocycles. The molecule has 7 nitrogen and oxygen atoms in total. The van der Waals surface area contributed by atoms with E-state index in [2.05, 4.69) is 36.1 Å². The first-order chi connectivity index (χ1) is 16.7. The Morgan fingerprint density at radius 2 is 1.75 bits per heavy atom. The lowest BCUT2D eigenvalue weighted by atomic mass is 10.1. The Bertz CT molecular complexity index is 1210. The molecule has 194 valence electrons. The van der Waals surface area contributed by atoms with Crippen LogP contribution in [-0.4, -0.2) is 40.6 Å². The monoisotopic (exact) mass is 571 g/mol. The molecule has 0 bridgehead atoms. The maximum absolute atomic E-state index is 11.4. The van der Waals surface area contributed by atoms with E-state index in [4.69, 9.17) is 34.8 Å². The van der Waals surface area contributed by atoms with Gasteiger partial charge in [0.25, 0.3) is 5.69 Å². The van der Waals surface area contributed by atoms with Crippen molar-refractivity contribution in [3.63, 3.8) is 0 Å². The average molecular weight is 573 g/mol. The average Bonchev–Trinajstić information content (AvgIpc) is 2.81. The first-order valence-electron chi connectivity index (χ1n) is 11.6. The van der Waals surface area contributed by atoms with Gasteiger partial charge in [0, 0.05) is 34.1 Å². The molecule has 36 heavy (non-hydrogen) atoms. The second-order valence-corrected chi connectivity index (χ2v) is 9.65. The van der Waals surface area contributed by atoms with Crippen molar-refractivity contribution in [1.82, 2.24) is 9.97 Å². The normalized spacial score (nSPS) is 12.2. The quantitative estimate of drug-likeness (QED) is 0.272. The number of hydrogen-bond donors (Lipinski definition) is 2. The Labute approximate surface area is 232 Å². The van der Waals surface area contributed by atoms with Crippen LogP contribution in [0.2, 0.25) is 15.1 Å². The van der Waals surface area contributed by atoms with Crippen molar-refractivity contribution in [2.24, 2.45) is 0 Å². The third-order valence-corrected chi connectivity index (χ3v) is 6.74. The lowest BCUT2D eigenvalue weighted by molar-refractivity contribution is -0.896. The maximum atomic E-state index is 11.4. The summed E-state index contributed by atoms with van der Waals surface area (Å²) in [5.41, 5.74) is 1.19. The van der Waals surface area contributed by atoms with E-state index in [0.29, 0.717) is 43.2 Å². The van der Waals surface area contributed by atoms with Gasteiger partial charge in [-0.15, -0.1) is 0 Å². The number of rotatable bonds is 11. The molecule has 3 aromatic rings. The van der Waals surface area contributed by atoms with Crippen LogP contribution >= 0.6 is 34.8 Å². The van der Waals surface area contributed by atoms with E-state index in [1.165, 1.54) is 12.1 Å². The van der Waals surface area contributed by atoms with Crippen LogP contribution < -0.4 is 22.6 Å². The van der Waals surface area contributed by atoms with E-state index in [1.54, 1.807) is 35.3 Å². The number of fused-ring (bicyclic) bond motifs is 1. The minimum Gasteiger partial charge on any atom is -1.00 e. The van der Waals surface area contributed by atoms with Crippen LogP contribution in [0.15, 0.2) is 30.3 Å². The summed E-state index contributed by atoms with van der Waals surface area (Å²) in [5.74, 6) is 0.977. The van der Waals surface area contributed by atoms with Crippen LogP contribution in [0.5, 0.6) is 0 Å². The van der Waals surface area contributed by atoms with Crippen LogP contribution in [0, 0.1) is 10.1 Å². The minimum absolute atomic E-state index is 0. The third kappa shape index (κ3) is 7.92. The highest BCUT2D eigenvalue weighted by Gasteiger charge is 2.15. The lowest BCUT2D eigenvalue weighted by Gasteiger charge is -2.19. The SMILES string of the molecule is CC[NH+](CC)CCCC(C)Nc1nc(/C=C/c2c(Cl)cc(Cl)cc2Cl)nc2ccc([N+](=O)[O-])cc12.[Cl-]. The van der Waals surface area contributed by atoms with Gasteiger partial charge in [-0.2, -0.15) is 0 Å². The van der Waals surface area contributed by atoms with E-state index < -0.39 is 4.92 Å². The molecule has 1 unspecified atom stereocenters. The second-order valence-electron chi connectivity index (χ2n) is 8.40. The van der Waals surface area contributed by atoms with Crippen molar-refractivity contribution in [2.45, 2.75) is 39.7 Å². The van der Waals surface area contributed by atoms with E-state index in [1.807, 2.05) is 0 Å². The highest BCUT2D eigenvalue weighted by atomic mass is 35.5. The molecule has 0 saturated heterocycles. The number of quaternary nitrogens is 1. The van der Waals surface area contributed by atoms with Gasteiger partial charge in [0.05, 0.1) is 40.1 Å². The molecule has 0 radical (unpaired) electrons. The van der Waals surface area contributed by atoms with Crippen LogP contribution in [0.1, 0.15) is 45.0 Å². The Kier molecular flexibility index (Phi) is 11.7. The number of nitro benzene ring substituents is 1. The van der Waals surface area contributed by atoms with Gasteiger partial charge >= 0.3 is 0 Å². The van der Waals surface area contributed by atoms with Gasteiger partial charge in [-0.05, 0) is 64.0 Å². The minimum atomic E-state index is -0.419. The zero-order valence-corrected chi connectivity index (χ0v) is 23.3. The van der Waals surface area contributed by atoms with Gasteiger partial charge in [0.1, 0.15) is 5.82 Å². The van der Waals surface area contributed by atoms with Crippen molar-refractivity contribution in [3.05, 3.63) is 66.9 Å². The smallest absolute Gasteiger partial charge is 0.270 e. The zero-order valence-electron chi connectivity index (χ0n) is 20.3. The fraction of sp³-hybridized carbons (Fsp3) is 0.360. The number of halogens is 4. The maximum Gasteiger partial charge on any atom is 0.270 e. The van der Waals surface area contributed by atoms with Gasteiger partial charge in [-0.1, -0.05) is 34.8 Å². The summed E-state index contributed by atoms with van der Waals surface area (Å²) < 4.78 is 0. The van der Waals surface area contributed by atoms with Crippen molar-refractivity contribution in [2.75, 3.05) is 25.0 Å². The van der Waals surface area contributed by atoms with E-state index in [0.717, 1.165) is 32.5 Å². The molecule has 0 aliphatic rings. The summed E-state index contributed by atoms with van der Waals surface area (Å²) in [7, 11) is 0. The fourth-order valence-corrected chi connectivity index (χ4v) is 4.81. The first-order valence-corrected chi connectivity index (χ1v) is 12.7. The lowest BCUT2D eigenvalue weighted by Crippen LogP contribution is -3.11. The molecule has 0 spiro atoms. The number of hydrogen-bond acceptors (Lipinski definition) is 5. The van der Waals surface area contributed by atoms with Gasteiger partial charge < -0.3 is 22.6 Å². The van der Waals surface area contributed by atoms with Crippen LogP contribution in [-0.2, 0) is 0 Å². The van der Waals surface area contributed by atoms with Crippen molar-refractivity contribution < 1.29 is 22.2 Å². The molecular formula is C25H29Cl4N5O2. The summed E-state index contributed by atoms with van der Waals surface area (Å²) in [6.07, 6.45) is 5.45. The largest absolute Gasteiger partial charge is 1.00 e. The molecule has 2 aromatic carbocycles. The van der Waals surface area contributed by atoms with E-state index in [-0.39, 0.29) is 24.1 Å². The summed E-state index contributed by atoms with van der Waals surface area (Å²) in [4.78, 5) is 21.7. The summed E-state index contributed by atoms with van der Waals surface area (Å²) >= 11 is 18.6. The van der Waals surface area contributed by atoms with Gasteiger partial charge in [0.15, 0.2) is 5.82 Å². The number of anilines is 1. The summed E-state index contributed by atoms with van der Waals surface area (Å²) in [5, 5.41) is 16.7. The summed E-state index contributed by atoms with van der Waals surface area (Å²) in [6.45, 7) is 9.79. The van der Waals surface area contributed by atoms with Gasteiger partial charge in [0.2, 0.25) is 0 Å².